The number of amides is 1. The first-order chi connectivity index (χ1) is 13.4. The molecule has 1 amide bonds. The van der Waals surface area contributed by atoms with Crippen molar-refractivity contribution in [2.45, 2.75) is 38.6 Å². The van der Waals surface area contributed by atoms with E-state index in [2.05, 4.69) is 5.32 Å². The van der Waals surface area contributed by atoms with Crippen LogP contribution in [0.25, 0.3) is 0 Å². The molecular weight excluding hydrogens is 376 g/mol. The van der Waals surface area contributed by atoms with E-state index in [1.807, 2.05) is 45.0 Å². The van der Waals surface area contributed by atoms with Crippen LogP contribution in [0, 0.1) is 6.92 Å². The molecule has 0 unspecified atom stereocenters. The van der Waals surface area contributed by atoms with Crippen molar-refractivity contribution < 1.29 is 17.9 Å². The minimum Gasteiger partial charge on any atom is -0.493 e. The molecule has 0 aliphatic heterocycles. The SMILES string of the molecule is CCN(CC)S(=O)(=O)c1ccc(CNC(=O)CCOc2ccccc2C)cc1. The highest BCUT2D eigenvalue weighted by molar-refractivity contribution is 7.89. The van der Waals surface area contributed by atoms with Crippen molar-refractivity contribution in [1.29, 1.82) is 0 Å². The standard InChI is InChI=1S/C21H28N2O4S/c1-4-23(5-2)28(25,26)19-12-10-18(11-13-19)16-22-21(24)14-15-27-20-9-7-6-8-17(20)3/h6-13H,4-5,14-16H2,1-3H3,(H,22,24). The lowest BCUT2D eigenvalue weighted by Gasteiger charge is -2.18. The number of carbonyl (C=O) groups is 1. The van der Waals surface area contributed by atoms with Gasteiger partial charge in [0.25, 0.3) is 0 Å². The van der Waals surface area contributed by atoms with Gasteiger partial charge in [-0.2, -0.15) is 4.31 Å². The van der Waals surface area contributed by atoms with E-state index in [0.29, 0.717) is 26.2 Å². The Morgan fingerprint density at radius 2 is 1.68 bits per heavy atom. The van der Waals surface area contributed by atoms with Gasteiger partial charge in [0.15, 0.2) is 0 Å². The number of hydrogen-bond donors (Lipinski definition) is 1. The van der Waals surface area contributed by atoms with Gasteiger partial charge in [-0.1, -0.05) is 44.2 Å². The molecule has 0 saturated heterocycles. The molecule has 2 rings (SSSR count). The molecule has 0 heterocycles. The summed E-state index contributed by atoms with van der Waals surface area (Å²) in [5.41, 5.74) is 1.87. The van der Waals surface area contributed by atoms with Crippen LogP contribution in [0.3, 0.4) is 0 Å². The third-order valence-electron chi connectivity index (χ3n) is 4.44. The second kappa shape index (κ2) is 10.2. The number of carbonyl (C=O) groups excluding carboxylic acids is 1. The molecule has 0 spiro atoms. The van der Waals surface area contributed by atoms with Gasteiger partial charge in [0.05, 0.1) is 17.9 Å². The van der Waals surface area contributed by atoms with Crippen molar-refractivity contribution in [3.63, 3.8) is 0 Å². The zero-order valence-corrected chi connectivity index (χ0v) is 17.5. The fourth-order valence-electron chi connectivity index (χ4n) is 2.75. The van der Waals surface area contributed by atoms with Crippen molar-refractivity contribution in [3.05, 3.63) is 59.7 Å². The lowest BCUT2D eigenvalue weighted by molar-refractivity contribution is -0.121. The maximum atomic E-state index is 12.5. The van der Waals surface area contributed by atoms with Gasteiger partial charge in [-0.25, -0.2) is 8.42 Å². The summed E-state index contributed by atoms with van der Waals surface area (Å²) in [6.07, 6.45) is 0.253. The van der Waals surface area contributed by atoms with Crippen LogP contribution >= 0.6 is 0 Å². The molecule has 0 atom stereocenters. The zero-order chi connectivity index (χ0) is 20.6. The molecule has 7 heteroatoms. The summed E-state index contributed by atoms with van der Waals surface area (Å²) in [6.45, 7) is 7.09. The lowest BCUT2D eigenvalue weighted by atomic mass is 10.2. The summed E-state index contributed by atoms with van der Waals surface area (Å²) in [5, 5.41) is 2.82. The van der Waals surface area contributed by atoms with Crippen molar-refractivity contribution in [2.24, 2.45) is 0 Å². The number of sulfonamides is 1. The maximum absolute atomic E-state index is 12.5. The van der Waals surface area contributed by atoms with E-state index in [0.717, 1.165) is 16.9 Å². The molecule has 0 aliphatic rings. The van der Waals surface area contributed by atoms with Gasteiger partial charge in [-0.15, -0.1) is 0 Å². The Labute approximate surface area is 167 Å². The van der Waals surface area contributed by atoms with Gasteiger partial charge >= 0.3 is 0 Å². The molecule has 0 aromatic heterocycles. The van der Waals surface area contributed by atoms with Crippen LogP contribution in [0.2, 0.25) is 0 Å². The maximum Gasteiger partial charge on any atom is 0.243 e. The molecule has 152 valence electrons. The highest BCUT2D eigenvalue weighted by Gasteiger charge is 2.21. The van der Waals surface area contributed by atoms with Crippen molar-refractivity contribution in [1.82, 2.24) is 9.62 Å². The summed E-state index contributed by atoms with van der Waals surface area (Å²) in [5.74, 6) is 0.661. The van der Waals surface area contributed by atoms with Crippen molar-refractivity contribution in [2.75, 3.05) is 19.7 Å². The number of para-hydroxylation sites is 1. The van der Waals surface area contributed by atoms with Crippen molar-refractivity contribution >= 4 is 15.9 Å². The van der Waals surface area contributed by atoms with E-state index < -0.39 is 10.0 Å². The van der Waals surface area contributed by atoms with E-state index in [1.54, 1.807) is 24.3 Å². The second-order valence-corrected chi connectivity index (χ2v) is 8.31. The molecule has 28 heavy (non-hydrogen) atoms. The predicted molar refractivity (Wildman–Crippen MR) is 110 cm³/mol. The van der Waals surface area contributed by atoms with Crippen molar-refractivity contribution in [3.8, 4) is 5.75 Å². The Morgan fingerprint density at radius 1 is 1.04 bits per heavy atom. The van der Waals surface area contributed by atoms with Crippen LogP contribution in [0.15, 0.2) is 53.4 Å². The largest absolute Gasteiger partial charge is 0.493 e. The topological polar surface area (TPSA) is 75.7 Å². The molecule has 6 nitrogen and oxygen atoms in total. The van der Waals surface area contributed by atoms with Crippen LogP contribution in [0.1, 0.15) is 31.4 Å². The Kier molecular flexibility index (Phi) is 8.02. The Morgan fingerprint density at radius 3 is 2.29 bits per heavy atom. The Bertz CT molecular complexity index is 876. The van der Waals surface area contributed by atoms with Crippen LogP contribution in [-0.4, -0.2) is 38.3 Å². The smallest absolute Gasteiger partial charge is 0.243 e. The van der Waals surface area contributed by atoms with Gasteiger partial charge in [0.2, 0.25) is 15.9 Å². The summed E-state index contributed by atoms with van der Waals surface area (Å²) in [7, 11) is -3.46. The average molecular weight is 405 g/mol. The van der Waals surface area contributed by atoms with Crippen LogP contribution < -0.4 is 10.1 Å². The van der Waals surface area contributed by atoms with E-state index >= 15 is 0 Å². The Hall–Kier alpha value is -2.38. The molecule has 0 aliphatic carbocycles. The van der Waals surface area contributed by atoms with E-state index in [1.165, 1.54) is 4.31 Å². The summed E-state index contributed by atoms with van der Waals surface area (Å²) < 4.78 is 32.0. The number of ether oxygens (including phenoxy) is 1. The van der Waals surface area contributed by atoms with Gasteiger partial charge < -0.3 is 10.1 Å². The first kappa shape index (κ1) is 21.9. The highest BCUT2D eigenvalue weighted by Crippen LogP contribution is 2.17. The van der Waals surface area contributed by atoms with E-state index in [9.17, 15) is 13.2 Å². The first-order valence-electron chi connectivity index (χ1n) is 9.42. The fraction of sp³-hybridized carbons (Fsp3) is 0.381. The number of benzene rings is 2. The molecule has 1 N–H and O–H groups in total. The summed E-state index contributed by atoms with van der Waals surface area (Å²) >= 11 is 0. The molecule has 2 aromatic rings. The predicted octanol–water partition coefficient (Wildman–Crippen LogP) is 3.11. The Balaban J connectivity index is 1.82. The van der Waals surface area contributed by atoms with Crippen LogP contribution in [0.5, 0.6) is 5.75 Å². The quantitative estimate of drug-likeness (QED) is 0.660. The molecule has 0 radical (unpaired) electrons. The summed E-state index contributed by atoms with van der Waals surface area (Å²) in [4.78, 5) is 12.3. The second-order valence-electron chi connectivity index (χ2n) is 6.37. The van der Waals surface area contributed by atoms with E-state index in [4.69, 9.17) is 4.74 Å². The van der Waals surface area contributed by atoms with E-state index in [-0.39, 0.29) is 17.2 Å². The molecule has 0 fully saturated rings. The molecular formula is C21H28N2O4S. The van der Waals surface area contributed by atoms with Gasteiger partial charge in [0, 0.05) is 19.6 Å². The third-order valence-corrected chi connectivity index (χ3v) is 6.50. The molecule has 0 bridgehead atoms. The lowest BCUT2D eigenvalue weighted by Crippen LogP contribution is -2.30. The number of nitrogens with one attached hydrogen (secondary N) is 1. The number of aryl methyl sites for hydroxylation is 1. The molecule has 2 aromatic carbocycles. The van der Waals surface area contributed by atoms with Crippen LogP contribution in [-0.2, 0) is 21.4 Å². The van der Waals surface area contributed by atoms with Gasteiger partial charge in [-0.05, 0) is 36.2 Å². The fourth-order valence-corrected chi connectivity index (χ4v) is 4.21. The molecule has 0 saturated carbocycles. The minimum absolute atomic E-state index is 0.117. The highest BCUT2D eigenvalue weighted by atomic mass is 32.2. The monoisotopic (exact) mass is 404 g/mol. The zero-order valence-electron chi connectivity index (χ0n) is 16.6. The van der Waals surface area contributed by atoms with Crippen LogP contribution in [0.4, 0.5) is 0 Å². The minimum atomic E-state index is -3.46. The number of rotatable bonds is 10. The van der Waals surface area contributed by atoms with Gasteiger partial charge in [-0.3, -0.25) is 4.79 Å². The average Bonchev–Trinajstić information content (AvgIpc) is 2.69. The number of hydrogen-bond acceptors (Lipinski definition) is 4. The first-order valence-corrected chi connectivity index (χ1v) is 10.9. The number of nitrogens with zero attached hydrogens (tertiary/aromatic N) is 1. The summed E-state index contributed by atoms with van der Waals surface area (Å²) in [6, 6.07) is 14.3. The van der Waals surface area contributed by atoms with Gasteiger partial charge in [0.1, 0.15) is 5.75 Å². The normalized spacial score (nSPS) is 11.4. The third kappa shape index (κ3) is 5.81.